The zero-order chi connectivity index (χ0) is 18.3. The standard InChI is InChI=1S/C16H28N2O4Si/c1-13(2)9-7-8-10-16(3,11-12-23(4,5)6)18(15(21)22)17-14(19)20/h9,17H,7-8,10H2,1-6H3,(H,19,20)(H,21,22). The molecule has 0 radical (unpaired) electrons. The minimum atomic E-state index is -1.72. The highest BCUT2D eigenvalue weighted by molar-refractivity contribution is 6.83. The van der Waals surface area contributed by atoms with Gasteiger partial charge >= 0.3 is 12.2 Å². The van der Waals surface area contributed by atoms with Gasteiger partial charge in [-0.05, 0) is 40.0 Å². The summed E-state index contributed by atoms with van der Waals surface area (Å²) in [6.07, 6.45) is 1.25. The average molecular weight is 340 g/mol. The monoisotopic (exact) mass is 340 g/mol. The molecule has 23 heavy (non-hydrogen) atoms. The first-order chi connectivity index (χ1) is 10.4. The van der Waals surface area contributed by atoms with E-state index in [-0.39, 0.29) is 0 Å². The molecule has 0 aliphatic carbocycles. The average Bonchev–Trinajstić information content (AvgIpc) is 2.37. The molecule has 6 nitrogen and oxygen atoms in total. The predicted molar refractivity (Wildman–Crippen MR) is 93.8 cm³/mol. The molecule has 0 aromatic heterocycles. The van der Waals surface area contributed by atoms with E-state index in [2.05, 4.69) is 37.2 Å². The molecule has 1 unspecified atom stereocenters. The lowest BCUT2D eigenvalue weighted by Gasteiger charge is -2.34. The minimum absolute atomic E-state index is 0.445. The molecule has 0 aromatic rings. The molecular weight excluding hydrogens is 312 g/mol. The fourth-order valence-electron chi connectivity index (χ4n) is 1.87. The Labute approximate surface area is 139 Å². The summed E-state index contributed by atoms with van der Waals surface area (Å²) in [4.78, 5) is 22.4. The van der Waals surface area contributed by atoms with Crippen molar-refractivity contribution in [3.8, 4) is 11.5 Å². The summed E-state index contributed by atoms with van der Waals surface area (Å²) in [5.74, 6) is 3.02. The molecule has 3 N–H and O–H groups in total. The Bertz CT molecular complexity index is 524. The van der Waals surface area contributed by atoms with E-state index in [9.17, 15) is 14.7 Å². The second-order valence-electron chi connectivity index (χ2n) is 6.98. The topological polar surface area (TPSA) is 89.9 Å². The number of unbranched alkanes of at least 4 members (excludes halogenated alkanes) is 1. The maximum atomic E-state index is 11.5. The highest BCUT2D eigenvalue weighted by Crippen LogP contribution is 2.21. The quantitative estimate of drug-likeness (QED) is 0.233. The van der Waals surface area contributed by atoms with Crippen LogP contribution in [0.1, 0.15) is 40.0 Å². The highest BCUT2D eigenvalue weighted by Gasteiger charge is 2.35. The fraction of sp³-hybridized carbons (Fsp3) is 0.625. The maximum absolute atomic E-state index is 11.5. The Balaban J connectivity index is 5.47. The third-order valence-electron chi connectivity index (χ3n) is 3.02. The molecule has 0 rings (SSSR count). The van der Waals surface area contributed by atoms with Crippen LogP contribution in [0, 0.1) is 11.5 Å². The molecule has 0 fully saturated rings. The van der Waals surface area contributed by atoms with Gasteiger partial charge in [-0.25, -0.2) is 15.0 Å². The van der Waals surface area contributed by atoms with Crippen molar-refractivity contribution in [1.29, 1.82) is 0 Å². The molecule has 0 saturated heterocycles. The Morgan fingerprint density at radius 1 is 1.26 bits per heavy atom. The second-order valence-corrected chi connectivity index (χ2v) is 11.7. The van der Waals surface area contributed by atoms with Crippen LogP contribution in [0.2, 0.25) is 19.6 Å². The van der Waals surface area contributed by atoms with Crippen LogP contribution in [0.3, 0.4) is 0 Å². The first-order valence-electron chi connectivity index (χ1n) is 7.58. The molecule has 0 aromatic carbocycles. The van der Waals surface area contributed by atoms with Crippen LogP contribution in [0.25, 0.3) is 0 Å². The lowest BCUT2D eigenvalue weighted by molar-refractivity contribution is 0.0655. The summed E-state index contributed by atoms with van der Waals surface area (Å²) in [7, 11) is -1.72. The van der Waals surface area contributed by atoms with E-state index in [1.54, 1.807) is 6.92 Å². The molecule has 0 bridgehead atoms. The van der Waals surface area contributed by atoms with Crippen molar-refractivity contribution in [1.82, 2.24) is 10.4 Å². The van der Waals surface area contributed by atoms with Gasteiger partial charge in [-0.15, -0.1) is 5.54 Å². The van der Waals surface area contributed by atoms with Crippen LogP contribution in [0.4, 0.5) is 9.59 Å². The van der Waals surface area contributed by atoms with Gasteiger partial charge in [0.05, 0.1) is 0 Å². The number of nitrogens with one attached hydrogen (secondary N) is 1. The number of amides is 2. The predicted octanol–water partition coefficient (Wildman–Crippen LogP) is 3.93. The van der Waals surface area contributed by atoms with Crippen molar-refractivity contribution in [2.45, 2.75) is 65.2 Å². The number of hydrazine groups is 1. The number of allylic oxidation sites excluding steroid dienone is 2. The number of carboxylic acid groups (broad SMARTS) is 2. The summed E-state index contributed by atoms with van der Waals surface area (Å²) in [6, 6.07) is 0. The van der Waals surface area contributed by atoms with E-state index >= 15 is 0 Å². The van der Waals surface area contributed by atoms with Crippen LogP contribution in [0.5, 0.6) is 0 Å². The highest BCUT2D eigenvalue weighted by atomic mass is 28.3. The molecule has 7 heteroatoms. The van der Waals surface area contributed by atoms with Crippen LogP contribution in [0.15, 0.2) is 11.6 Å². The second kappa shape index (κ2) is 8.63. The molecule has 2 amide bonds. The molecular formula is C16H28N2O4Si. The summed E-state index contributed by atoms with van der Waals surface area (Å²) >= 11 is 0. The number of carbonyl (C=O) groups is 2. The van der Waals surface area contributed by atoms with E-state index in [1.807, 2.05) is 19.3 Å². The van der Waals surface area contributed by atoms with Crippen LogP contribution in [-0.2, 0) is 0 Å². The smallest absolute Gasteiger partial charge is 0.427 e. The largest absolute Gasteiger partial charge is 0.464 e. The normalized spacial score (nSPS) is 13.1. The lowest BCUT2D eigenvalue weighted by atomic mass is 9.95. The van der Waals surface area contributed by atoms with E-state index < -0.39 is 25.8 Å². The van der Waals surface area contributed by atoms with E-state index in [0.29, 0.717) is 17.9 Å². The first kappa shape index (κ1) is 21.1. The third-order valence-corrected chi connectivity index (χ3v) is 3.89. The van der Waals surface area contributed by atoms with E-state index in [1.165, 1.54) is 5.57 Å². The first-order valence-corrected chi connectivity index (χ1v) is 11.1. The molecule has 130 valence electrons. The molecule has 0 aliphatic heterocycles. The zero-order valence-corrected chi connectivity index (χ0v) is 15.9. The Morgan fingerprint density at radius 3 is 2.22 bits per heavy atom. The van der Waals surface area contributed by atoms with Crippen molar-refractivity contribution >= 4 is 20.3 Å². The third kappa shape index (κ3) is 8.93. The number of nitrogens with zero attached hydrogens (tertiary/aromatic N) is 1. The molecule has 0 saturated carbocycles. The van der Waals surface area contributed by atoms with Crippen molar-refractivity contribution in [3.63, 3.8) is 0 Å². The van der Waals surface area contributed by atoms with Gasteiger partial charge < -0.3 is 10.2 Å². The molecule has 0 heterocycles. The van der Waals surface area contributed by atoms with Crippen LogP contribution < -0.4 is 5.43 Å². The maximum Gasteiger partial charge on any atom is 0.427 e. The lowest BCUT2D eigenvalue weighted by Crippen LogP contribution is -2.57. The summed E-state index contributed by atoms with van der Waals surface area (Å²) < 4.78 is 0. The summed E-state index contributed by atoms with van der Waals surface area (Å²) in [5, 5.41) is 19.0. The van der Waals surface area contributed by atoms with Crippen molar-refractivity contribution in [2.24, 2.45) is 0 Å². The Kier molecular flexibility index (Phi) is 7.90. The van der Waals surface area contributed by atoms with Gasteiger partial charge in [-0.3, -0.25) is 0 Å². The molecule has 1 atom stereocenters. The van der Waals surface area contributed by atoms with Crippen molar-refractivity contribution in [3.05, 3.63) is 11.6 Å². The summed E-state index contributed by atoms with van der Waals surface area (Å²) in [6.45, 7) is 11.8. The Morgan fingerprint density at radius 2 is 1.83 bits per heavy atom. The van der Waals surface area contributed by atoms with Gasteiger partial charge in [0.25, 0.3) is 0 Å². The Hall–Kier alpha value is -1.94. The van der Waals surface area contributed by atoms with Crippen LogP contribution >= 0.6 is 0 Å². The molecule has 0 spiro atoms. The van der Waals surface area contributed by atoms with Gasteiger partial charge in [0, 0.05) is 0 Å². The van der Waals surface area contributed by atoms with Gasteiger partial charge in [0.2, 0.25) is 0 Å². The van der Waals surface area contributed by atoms with E-state index in [0.717, 1.165) is 6.42 Å². The van der Waals surface area contributed by atoms with E-state index in [4.69, 9.17) is 5.11 Å². The van der Waals surface area contributed by atoms with Gasteiger partial charge in [-0.1, -0.05) is 37.2 Å². The zero-order valence-electron chi connectivity index (χ0n) is 14.9. The van der Waals surface area contributed by atoms with Crippen molar-refractivity contribution < 1.29 is 19.8 Å². The molecule has 0 aliphatic rings. The minimum Gasteiger partial charge on any atom is -0.464 e. The van der Waals surface area contributed by atoms with Gasteiger partial charge in [-0.2, -0.15) is 5.01 Å². The summed E-state index contributed by atoms with van der Waals surface area (Å²) in [5.41, 5.74) is 5.21. The number of hydrogen-bond acceptors (Lipinski definition) is 2. The number of hydrogen-bond donors (Lipinski definition) is 3. The van der Waals surface area contributed by atoms with Crippen molar-refractivity contribution in [2.75, 3.05) is 0 Å². The van der Waals surface area contributed by atoms with Crippen LogP contribution in [-0.4, -0.2) is 41.0 Å². The van der Waals surface area contributed by atoms with Gasteiger partial charge in [0.1, 0.15) is 13.6 Å². The van der Waals surface area contributed by atoms with Gasteiger partial charge in [0.15, 0.2) is 0 Å². The number of rotatable bonds is 5. The SMILES string of the molecule is CC(C)=CCCCC(C)(C#C[Si](C)(C)C)N(NC(=O)O)C(=O)O. The fourth-order valence-corrected chi connectivity index (χ4v) is 2.51.